The van der Waals surface area contributed by atoms with E-state index in [1.165, 1.54) is 0 Å². The van der Waals surface area contributed by atoms with E-state index in [1.54, 1.807) is 14.0 Å². The second kappa shape index (κ2) is 4.55. The van der Waals surface area contributed by atoms with E-state index < -0.39 is 6.10 Å². The molecular weight excluding hydrogens is 218 g/mol. The van der Waals surface area contributed by atoms with E-state index in [4.69, 9.17) is 15.2 Å². The average Bonchev–Trinajstić information content (AvgIpc) is 2.75. The monoisotopic (exact) mass is 237 g/mol. The quantitative estimate of drug-likeness (QED) is 0.832. The van der Waals surface area contributed by atoms with Crippen LogP contribution in [0, 0.1) is 6.92 Å². The van der Waals surface area contributed by atoms with Crippen LogP contribution in [0.3, 0.4) is 0 Å². The molecular formula is C13H19NO3. The van der Waals surface area contributed by atoms with E-state index >= 15 is 0 Å². The summed E-state index contributed by atoms with van der Waals surface area (Å²) in [6, 6.07) is 1.58. The van der Waals surface area contributed by atoms with Gasteiger partial charge in [0.2, 0.25) is 0 Å². The Morgan fingerprint density at radius 1 is 1.53 bits per heavy atom. The molecule has 1 aliphatic rings. The van der Waals surface area contributed by atoms with Crippen molar-refractivity contribution in [3.8, 4) is 11.5 Å². The van der Waals surface area contributed by atoms with E-state index in [9.17, 15) is 5.11 Å². The SMILES string of the molecule is COc1c(C)cc(C(O)C(C)N)c2c1CCO2. The van der Waals surface area contributed by atoms with Crippen LogP contribution in [-0.2, 0) is 6.42 Å². The number of aryl methyl sites for hydroxylation is 1. The number of aliphatic hydroxyl groups is 1. The fourth-order valence-electron chi connectivity index (χ4n) is 2.32. The molecule has 2 rings (SSSR count). The molecule has 0 radical (unpaired) electrons. The van der Waals surface area contributed by atoms with Gasteiger partial charge in [0.15, 0.2) is 0 Å². The molecule has 3 N–H and O–H groups in total. The topological polar surface area (TPSA) is 64.7 Å². The van der Waals surface area contributed by atoms with Crippen molar-refractivity contribution in [1.82, 2.24) is 0 Å². The summed E-state index contributed by atoms with van der Waals surface area (Å²) in [5.41, 5.74) is 8.56. The predicted octanol–water partition coefficient (Wildman–Crippen LogP) is 1.32. The molecule has 0 aromatic heterocycles. The Bertz CT molecular complexity index is 429. The Balaban J connectivity index is 2.55. The maximum atomic E-state index is 10.1. The van der Waals surface area contributed by atoms with Gasteiger partial charge in [-0.1, -0.05) is 0 Å². The van der Waals surface area contributed by atoms with Gasteiger partial charge in [-0.2, -0.15) is 0 Å². The van der Waals surface area contributed by atoms with Crippen LogP contribution in [0.1, 0.15) is 29.7 Å². The zero-order valence-electron chi connectivity index (χ0n) is 10.5. The molecule has 0 amide bonds. The van der Waals surface area contributed by atoms with Crippen LogP contribution < -0.4 is 15.2 Å². The summed E-state index contributed by atoms with van der Waals surface area (Å²) >= 11 is 0. The van der Waals surface area contributed by atoms with Gasteiger partial charge in [0, 0.05) is 23.6 Å². The van der Waals surface area contributed by atoms with Crippen molar-refractivity contribution in [2.75, 3.05) is 13.7 Å². The van der Waals surface area contributed by atoms with E-state index in [-0.39, 0.29) is 6.04 Å². The molecule has 94 valence electrons. The van der Waals surface area contributed by atoms with Crippen LogP contribution in [0.25, 0.3) is 0 Å². The van der Waals surface area contributed by atoms with Crippen LogP contribution in [0.2, 0.25) is 0 Å². The van der Waals surface area contributed by atoms with Gasteiger partial charge in [-0.25, -0.2) is 0 Å². The minimum absolute atomic E-state index is 0.323. The number of methoxy groups -OCH3 is 1. The third-order valence-corrected chi connectivity index (χ3v) is 3.16. The normalized spacial score (nSPS) is 17.2. The van der Waals surface area contributed by atoms with E-state index in [1.807, 2.05) is 13.0 Å². The molecule has 0 saturated carbocycles. The minimum atomic E-state index is -0.702. The number of fused-ring (bicyclic) bond motifs is 1. The zero-order chi connectivity index (χ0) is 12.6. The molecule has 4 nitrogen and oxygen atoms in total. The molecule has 0 aliphatic carbocycles. The minimum Gasteiger partial charge on any atom is -0.496 e. The number of benzene rings is 1. The first-order chi connectivity index (χ1) is 8.06. The number of aliphatic hydroxyl groups excluding tert-OH is 1. The van der Waals surface area contributed by atoms with Crippen LogP contribution in [0.4, 0.5) is 0 Å². The van der Waals surface area contributed by atoms with Crippen molar-refractivity contribution in [2.24, 2.45) is 5.73 Å². The molecule has 0 bridgehead atoms. The standard InChI is InChI=1S/C13H19NO3/c1-7-6-10(11(15)8(2)14)13-9(4-5-17-13)12(7)16-3/h6,8,11,15H,4-5,14H2,1-3H3. The molecule has 0 saturated heterocycles. The molecule has 1 aromatic rings. The summed E-state index contributed by atoms with van der Waals surface area (Å²) in [6.45, 7) is 4.38. The third kappa shape index (κ3) is 1.98. The number of rotatable bonds is 3. The van der Waals surface area contributed by atoms with Crippen LogP contribution in [0.15, 0.2) is 6.07 Å². The maximum absolute atomic E-state index is 10.1. The first kappa shape index (κ1) is 12.2. The smallest absolute Gasteiger partial charge is 0.132 e. The van der Waals surface area contributed by atoms with Gasteiger partial charge in [-0.05, 0) is 25.5 Å². The lowest BCUT2D eigenvalue weighted by Crippen LogP contribution is -2.24. The first-order valence-electron chi connectivity index (χ1n) is 5.83. The Morgan fingerprint density at radius 3 is 2.82 bits per heavy atom. The van der Waals surface area contributed by atoms with Gasteiger partial charge < -0.3 is 20.3 Å². The second-order valence-electron chi connectivity index (χ2n) is 4.53. The Kier molecular flexibility index (Phi) is 3.26. The second-order valence-corrected chi connectivity index (χ2v) is 4.53. The Morgan fingerprint density at radius 2 is 2.24 bits per heavy atom. The molecule has 4 heteroatoms. The predicted molar refractivity (Wildman–Crippen MR) is 65.5 cm³/mol. The highest BCUT2D eigenvalue weighted by atomic mass is 16.5. The number of hydrogen-bond donors (Lipinski definition) is 2. The lowest BCUT2D eigenvalue weighted by Gasteiger charge is -2.20. The Labute approximate surface area is 101 Å². The summed E-state index contributed by atoms with van der Waals surface area (Å²) in [7, 11) is 1.66. The van der Waals surface area contributed by atoms with Crippen molar-refractivity contribution < 1.29 is 14.6 Å². The van der Waals surface area contributed by atoms with Gasteiger partial charge in [0.05, 0.1) is 19.8 Å². The molecule has 17 heavy (non-hydrogen) atoms. The molecule has 0 spiro atoms. The molecule has 1 heterocycles. The molecule has 1 aromatic carbocycles. The summed E-state index contributed by atoms with van der Waals surface area (Å²) in [6.07, 6.45) is 0.116. The van der Waals surface area contributed by atoms with E-state index in [0.717, 1.165) is 34.6 Å². The molecule has 2 atom stereocenters. The van der Waals surface area contributed by atoms with Crippen LogP contribution in [-0.4, -0.2) is 24.9 Å². The maximum Gasteiger partial charge on any atom is 0.132 e. The zero-order valence-corrected chi connectivity index (χ0v) is 10.5. The molecule has 2 unspecified atom stereocenters. The first-order valence-corrected chi connectivity index (χ1v) is 5.83. The summed E-state index contributed by atoms with van der Waals surface area (Å²) < 4.78 is 11.0. The summed E-state index contributed by atoms with van der Waals surface area (Å²) in [5, 5.41) is 10.1. The highest BCUT2D eigenvalue weighted by Gasteiger charge is 2.27. The lowest BCUT2D eigenvalue weighted by atomic mass is 9.96. The summed E-state index contributed by atoms with van der Waals surface area (Å²) in [4.78, 5) is 0. The van der Waals surface area contributed by atoms with Gasteiger partial charge in [-0.15, -0.1) is 0 Å². The van der Waals surface area contributed by atoms with Crippen LogP contribution in [0.5, 0.6) is 11.5 Å². The van der Waals surface area contributed by atoms with Crippen molar-refractivity contribution in [3.05, 3.63) is 22.8 Å². The number of ether oxygens (including phenoxy) is 2. The van der Waals surface area contributed by atoms with Crippen LogP contribution >= 0.6 is 0 Å². The number of nitrogens with two attached hydrogens (primary N) is 1. The van der Waals surface area contributed by atoms with E-state index in [0.29, 0.717) is 6.61 Å². The van der Waals surface area contributed by atoms with Crippen molar-refractivity contribution in [1.29, 1.82) is 0 Å². The van der Waals surface area contributed by atoms with Crippen molar-refractivity contribution >= 4 is 0 Å². The highest BCUT2D eigenvalue weighted by molar-refractivity contribution is 5.57. The van der Waals surface area contributed by atoms with Crippen molar-refractivity contribution in [2.45, 2.75) is 32.4 Å². The fraction of sp³-hybridized carbons (Fsp3) is 0.538. The van der Waals surface area contributed by atoms with Gasteiger partial charge >= 0.3 is 0 Å². The largest absolute Gasteiger partial charge is 0.496 e. The molecule has 1 aliphatic heterocycles. The Hall–Kier alpha value is -1.26. The fourth-order valence-corrected chi connectivity index (χ4v) is 2.32. The summed E-state index contributed by atoms with van der Waals surface area (Å²) in [5.74, 6) is 1.61. The van der Waals surface area contributed by atoms with Gasteiger partial charge in [-0.3, -0.25) is 0 Å². The molecule has 0 fully saturated rings. The van der Waals surface area contributed by atoms with Crippen molar-refractivity contribution in [3.63, 3.8) is 0 Å². The van der Waals surface area contributed by atoms with Gasteiger partial charge in [0.1, 0.15) is 11.5 Å². The lowest BCUT2D eigenvalue weighted by molar-refractivity contribution is 0.149. The highest BCUT2D eigenvalue weighted by Crippen LogP contribution is 2.42. The number of hydrogen-bond acceptors (Lipinski definition) is 4. The van der Waals surface area contributed by atoms with Gasteiger partial charge in [0.25, 0.3) is 0 Å². The third-order valence-electron chi connectivity index (χ3n) is 3.16. The van der Waals surface area contributed by atoms with E-state index in [2.05, 4.69) is 0 Å². The average molecular weight is 237 g/mol.